The molecule has 0 bridgehead atoms. The molecule has 7 nitrogen and oxygen atoms in total. The van der Waals surface area contributed by atoms with Crippen LogP contribution in [0.3, 0.4) is 0 Å². The highest BCUT2D eigenvalue weighted by Crippen LogP contribution is 2.23. The SMILES string of the molecule is CCN(CC)S(=O)(=O)c1cc(C(=O)N2CCC(NC(=O)c3ccsc3)CC2)ccc1C. The number of hydrogen-bond acceptors (Lipinski definition) is 5. The molecule has 2 amide bonds. The fraction of sp³-hybridized carbons (Fsp3) is 0.455. The molecule has 31 heavy (non-hydrogen) atoms. The van der Waals surface area contributed by atoms with Gasteiger partial charge in [0.1, 0.15) is 0 Å². The van der Waals surface area contributed by atoms with E-state index in [1.165, 1.54) is 21.7 Å². The lowest BCUT2D eigenvalue weighted by molar-refractivity contribution is 0.0698. The molecule has 3 rings (SSSR count). The predicted octanol–water partition coefficient (Wildman–Crippen LogP) is 3.12. The maximum absolute atomic E-state index is 13.0. The normalized spacial score (nSPS) is 15.3. The molecule has 0 aliphatic carbocycles. The van der Waals surface area contributed by atoms with Gasteiger partial charge in [-0.2, -0.15) is 15.6 Å². The Morgan fingerprint density at radius 3 is 2.39 bits per heavy atom. The molecule has 1 aromatic carbocycles. The lowest BCUT2D eigenvalue weighted by atomic mass is 10.0. The van der Waals surface area contributed by atoms with E-state index < -0.39 is 10.0 Å². The van der Waals surface area contributed by atoms with Crippen molar-refractivity contribution in [3.63, 3.8) is 0 Å². The van der Waals surface area contributed by atoms with Gasteiger partial charge in [-0.1, -0.05) is 19.9 Å². The van der Waals surface area contributed by atoms with Crippen molar-refractivity contribution in [3.05, 3.63) is 51.7 Å². The fourth-order valence-corrected chi connectivity index (χ4v) is 6.13. The number of carbonyl (C=O) groups excluding carboxylic acids is 2. The fourth-order valence-electron chi connectivity index (χ4n) is 3.79. The minimum Gasteiger partial charge on any atom is -0.349 e. The van der Waals surface area contributed by atoms with E-state index in [1.807, 2.05) is 10.8 Å². The summed E-state index contributed by atoms with van der Waals surface area (Å²) in [6.07, 6.45) is 1.33. The van der Waals surface area contributed by atoms with Gasteiger partial charge >= 0.3 is 0 Å². The van der Waals surface area contributed by atoms with Crippen LogP contribution in [0.2, 0.25) is 0 Å². The quantitative estimate of drug-likeness (QED) is 0.684. The minimum atomic E-state index is -3.65. The zero-order chi connectivity index (χ0) is 22.6. The summed E-state index contributed by atoms with van der Waals surface area (Å²) in [5.41, 5.74) is 1.65. The number of nitrogens with zero attached hydrogens (tertiary/aromatic N) is 2. The highest BCUT2D eigenvalue weighted by atomic mass is 32.2. The summed E-state index contributed by atoms with van der Waals surface area (Å²) >= 11 is 1.48. The predicted molar refractivity (Wildman–Crippen MR) is 122 cm³/mol. The van der Waals surface area contributed by atoms with Gasteiger partial charge in [-0.15, -0.1) is 0 Å². The van der Waals surface area contributed by atoms with E-state index in [1.54, 1.807) is 43.9 Å². The highest BCUT2D eigenvalue weighted by Gasteiger charge is 2.28. The van der Waals surface area contributed by atoms with Crippen LogP contribution < -0.4 is 5.32 Å². The number of hydrogen-bond donors (Lipinski definition) is 1. The van der Waals surface area contributed by atoms with E-state index in [9.17, 15) is 18.0 Å². The number of piperidine rings is 1. The summed E-state index contributed by atoms with van der Waals surface area (Å²) < 4.78 is 27.3. The third kappa shape index (κ3) is 5.16. The van der Waals surface area contributed by atoms with Crippen molar-refractivity contribution in [2.75, 3.05) is 26.2 Å². The molecular formula is C22H29N3O4S2. The first-order valence-corrected chi connectivity index (χ1v) is 12.9. The molecule has 1 N–H and O–H groups in total. The van der Waals surface area contributed by atoms with E-state index in [0.717, 1.165) is 0 Å². The minimum absolute atomic E-state index is 0.0214. The first-order chi connectivity index (χ1) is 14.8. The second kappa shape index (κ2) is 9.93. The maximum Gasteiger partial charge on any atom is 0.253 e. The van der Waals surface area contributed by atoms with Gasteiger partial charge < -0.3 is 10.2 Å². The molecule has 0 saturated carbocycles. The Balaban J connectivity index is 1.68. The molecule has 0 radical (unpaired) electrons. The van der Waals surface area contributed by atoms with Gasteiger partial charge in [0.05, 0.1) is 4.90 Å². The van der Waals surface area contributed by atoms with Crippen molar-refractivity contribution >= 4 is 33.2 Å². The molecule has 1 aliphatic rings. The highest BCUT2D eigenvalue weighted by molar-refractivity contribution is 7.89. The molecule has 1 aromatic heterocycles. The maximum atomic E-state index is 13.0. The van der Waals surface area contributed by atoms with Crippen LogP contribution in [0.5, 0.6) is 0 Å². The molecule has 0 unspecified atom stereocenters. The van der Waals surface area contributed by atoms with Crippen LogP contribution >= 0.6 is 11.3 Å². The number of likely N-dealkylation sites (tertiary alicyclic amines) is 1. The number of aryl methyl sites for hydroxylation is 1. The van der Waals surface area contributed by atoms with Crippen molar-refractivity contribution in [2.45, 2.75) is 44.6 Å². The van der Waals surface area contributed by atoms with Crippen molar-refractivity contribution < 1.29 is 18.0 Å². The van der Waals surface area contributed by atoms with Gasteiger partial charge in [-0.05, 0) is 48.9 Å². The Labute approximate surface area is 188 Å². The molecular weight excluding hydrogens is 434 g/mol. The number of carbonyl (C=O) groups is 2. The monoisotopic (exact) mass is 463 g/mol. The lowest BCUT2D eigenvalue weighted by Gasteiger charge is -2.32. The summed E-state index contributed by atoms with van der Waals surface area (Å²) in [6.45, 7) is 7.12. The molecule has 1 fully saturated rings. The zero-order valence-corrected chi connectivity index (χ0v) is 19.8. The van der Waals surface area contributed by atoms with E-state index >= 15 is 0 Å². The average molecular weight is 464 g/mol. The van der Waals surface area contributed by atoms with Gasteiger partial charge in [0.25, 0.3) is 11.8 Å². The van der Waals surface area contributed by atoms with Crippen molar-refractivity contribution in [2.24, 2.45) is 0 Å². The molecule has 0 spiro atoms. The number of amides is 2. The lowest BCUT2D eigenvalue weighted by Crippen LogP contribution is -2.46. The molecule has 1 aliphatic heterocycles. The van der Waals surface area contributed by atoms with E-state index in [4.69, 9.17) is 0 Å². The second-order valence-corrected chi connectivity index (χ2v) is 10.3. The number of benzene rings is 1. The molecule has 2 aromatic rings. The Kier molecular flexibility index (Phi) is 7.51. The van der Waals surface area contributed by atoms with Crippen LogP contribution in [-0.4, -0.2) is 61.7 Å². The van der Waals surface area contributed by atoms with Crippen LogP contribution in [0.15, 0.2) is 39.9 Å². The van der Waals surface area contributed by atoms with Crippen LogP contribution in [0.4, 0.5) is 0 Å². The van der Waals surface area contributed by atoms with Crippen molar-refractivity contribution in [1.29, 1.82) is 0 Å². The van der Waals surface area contributed by atoms with Gasteiger partial charge in [-0.25, -0.2) is 8.42 Å². The Morgan fingerprint density at radius 2 is 1.81 bits per heavy atom. The van der Waals surface area contributed by atoms with Crippen molar-refractivity contribution in [3.8, 4) is 0 Å². The smallest absolute Gasteiger partial charge is 0.253 e. The van der Waals surface area contributed by atoms with Crippen LogP contribution in [0.25, 0.3) is 0 Å². The standard InChI is InChI=1S/C22H29N3O4S2/c1-4-25(5-2)31(28,29)20-14-17(7-6-16(20)3)22(27)24-11-8-19(9-12-24)23-21(26)18-10-13-30-15-18/h6-7,10,13-15,19H,4-5,8-9,11-12H2,1-3H3,(H,23,26). The van der Waals surface area contributed by atoms with Gasteiger partial charge in [0, 0.05) is 48.7 Å². The van der Waals surface area contributed by atoms with E-state index in [-0.39, 0.29) is 22.8 Å². The summed E-state index contributed by atoms with van der Waals surface area (Å²) in [7, 11) is -3.65. The Morgan fingerprint density at radius 1 is 1.13 bits per heavy atom. The third-order valence-corrected chi connectivity index (χ3v) is 8.53. The summed E-state index contributed by atoms with van der Waals surface area (Å²) in [5.74, 6) is -0.269. The van der Waals surface area contributed by atoms with Crippen LogP contribution in [-0.2, 0) is 10.0 Å². The van der Waals surface area contributed by atoms with Crippen LogP contribution in [0, 0.1) is 6.92 Å². The number of thiophene rings is 1. The number of rotatable bonds is 7. The third-order valence-electron chi connectivity index (χ3n) is 5.66. The molecule has 2 heterocycles. The van der Waals surface area contributed by atoms with Crippen LogP contribution in [0.1, 0.15) is 53.0 Å². The first kappa shape index (κ1) is 23.4. The number of sulfonamides is 1. The molecule has 9 heteroatoms. The van der Waals surface area contributed by atoms with E-state index in [2.05, 4.69) is 5.32 Å². The van der Waals surface area contributed by atoms with Gasteiger partial charge in [0.15, 0.2) is 0 Å². The summed E-state index contributed by atoms with van der Waals surface area (Å²) in [6, 6.07) is 6.68. The number of nitrogens with one attached hydrogen (secondary N) is 1. The van der Waals surface area contributed by atoms with Crippen molar-refractivity contribution in [1.82, 2.24) is 14.5 Å². The van der Waals surface area contributed by atoms with Gasteiger partial charge in [-0.3, -0.25) is 9.59 Å². The summed E-state index contributed by atoms with van der Waals surface area (Å²) in [5, 5.41) is 6.71. The first-order valence-electron chi connectivity index (χ1n) is 10.5. The average Bonchev–Trinajstić information content (AvgIpc) is 3.30. The Hall–Kier alpha value is -2.23. The summed E-state index contributed by atoms with van der Waals surface area (Å²) in [4.78, 5) is 27.2. The largest absolute Gasteiger partial charge is 0.349 e. The van der Waals surface area contributed by atoms with E-state index in [0.29, 0.717) is 55.7 Å². The zero-order valence-electron chi connectivity index (χ0n) is 18.1. The Bertz CT molecular complexity index is 1020. The second-order valence-electron chi connectivity index (χ2n) is 7.62. The van der Waals surface area contributed by atoms with Gasteiger partial charge in [0.2, 0.25) is 10.0 Å². The topological polar surface area (TPSA) is 86.8 Å². The molecule has 0 atom stereocenters. The molecule has 1 saturated heterocycles. The molecule has 168 valence electrons.